The Morgan fingerprint density at radius 1 is 1.15 bits per heavy atom. The van der Waals surface area contributed by atoms with Crippen LogP contribution in [0.2, 0.25) is 0 Å². The third-order valence-corrected chi connectivity index (χ3v) is 3.31. The Bertz CT molecular complexity index is 659. The third-order valence-electron chi connectivity index (χ3n) is 3.31. The van der Waals surface area contributed by atoms with E-state index in [9.17, 15) is 9.59 Å². The largest absolute Gasteiger partial charge is 0.477 e. The number of aryl methyl sites for hydroxylation is 2. The molecule has 0 aliphatic heterocycles. The maximum Gasteiger partial charge on any atom is 0.341 e. The summed E-state index contributed by atoms with van der Waals surface area (Å²) in [6, 6.07) is 13.1. The lowest BCUT2D eigenvalue weighted by molar-refractivity contribution is 0.0694. The van der Waals surface area contributed by atoms with Gasteiger partial charge in [-0.3, -0.25) is 4.79 Å². The van der Waals surface area contributed by atoms with Crippen molar-refractivity contribution < 1.29 is 9.90 Å². The smallest absolute Gasteiger partial charge is 0.341 e. The van der Waals surface area contributed by atoms with E-state index in [-0.39, 0.29) is 5.56 Å². The second kappa shape index (κ2) is 6.19. The van der Waals surface area contributed by atoms with Crippen LogP contribution in [0, 0.1) is 6.92 Å². The number of carboxylic acid groups (broad SMARTS) is 1. The molecule has 20 heavy (non-hydrogen) atoms. The summed E-state index contributed by atoms with van der Waals surface area (Å²) in [6.45, 7) is 2.34. The molecular weight excluding hydrogens is 254 g/mol. The lowest BCUT2D eigenvalue weighted by Crippen LogP contribution is -2.28. The van der Waals surface area contributed by atoms with E-state index in [2.05, 4.69) is 0 Å². The SMILES string of the molecule is Cc1ccc(C(=O)O)c(=O)n1CCCc1ccccc1. The maximum atomic E-state index is 12.1. The van der Waals surface area contributed by atoms with Gasteiger partial charge in [-0.2, -0.15) is 0 Å². The maximum absolute atomic E-state index is 12.1. The summed E-state index contributed by atoms with van der Waals surface area (Å²) >= 11 is 0. The molecule has 0 unspecified atom stereocenters. The number of hydrogen-bond donors (Lipinski definition) is 1. The van der Waals surface area contributed by atoms with Crippen LogP contribution in [0.1, 0.15) is 28.0 Å². The van der Waals surface area contributed by atoms with Crippen LogP contribution in [0.4, 0.5) is 0 Å². The molecular formula is C16H17NO3. The second-order valence-electron chi connectivity index (χ2n) is 4.74. The van der Waals surface area contributed by atoms with Crippen molar-refractivity contribution in [2.24, 2.45) is 0 Å². The van der Waals surface area contributed by atoms with Crippen molar-refractivity contribution in [1.29, 1.82) is 0 Å². The second-order valence-corrected chi connectivity index (χ2v) is 4.74. The summed E-state index contributed by atoms with van der Waals surface area (Å²) in [5.74, 6) is -1.17. The highest BCUT2D eigenvalue weighted by Crippen LogP contribution is 2.05. The van der Waals surface area contributed by atoms with Gasteiger partial charge >= 0.3 is 5.97 Å². The van der Waals surface area contributed by atoms with Crippen LogP contribution in [0.5, 0.6) is 0 Å². The van der Waals surface area contributed by atoms with E-state index >= 15 is 0 Å². The minimum absolute atomic E-state index is 0.171. The number of nitrogens with zero attached hydrogens (tertiary/aromatic N) is 1. The first-order valence-electron chi connectivity index (χ1n) is 6.57. The lowest BCUT2D eigenvalue weighted by Gasteiger charge is -2.10. The molecule has 104 valence electrons. The molecule has 1 N–H and O–H groups in total. The minimum Gasteiger partial charge on any atom is -0.477 e. The van der Waals surface area contributed by atoms with Gasteiger partial charge in [-0.25, -0.2) is 4.79 Å². The van der Waals surface area contributed by atoms with E-state index in [1.807, 2.05) is 37.3 Å². The number of carboxylic acids is 1. The van der Waals surface area contributed by atoms with Gasteiger partial charge in [-0.15, -0.1) is 0 Å². The molecule has 2 rings (SSSR count). The number of aromatic nitrogens is 1. The average molecular weight is 271 g/mol. The van der Waals surface area contributed by atoms with Gasteiger partial charge in [0.25, 0.3) is 5.56 Å². The summed E-state index contributed by atoms with van der Waals surface area (Å²) < 4.78 is 1.53. The Morgan fingerprint density at radius 3 is 2.50 bits per heavy atom. The fraction of sp³-hybridized carbons (Fsp3) is 0.250. The number of rotatable bonds is 5. The summed E-state index contributed by atoms with van der Waals surface area (Å²) in [6.07, 6.45) is 1.66. The van der Waals surface area contributed by atoms with Gasteiger partial charge in [0.05, 0.1) is 0 Å². The molecule has 0 spiro atoms. The normalized spacial score (nSPS) is 10.4. The van der Waals surface area contributed by atoms with Gasteiger partial charge in [0.1, 0.15) is 5.56 Å². The zero-order chi connectivity index (χ0) is 14.5. The quantitative estimate of drug-likeness (QED) is 0.909. The van der Waals surface area contributed by atoms with Crippen molar-refractivity contribution in [3.8, 4) is 0 Å². The Hall–Kier alpha value is -2.36. The third kappa shape index (κ3) is 3.15. The van der Waals surface area contributed by atoms with Gasteiger partial charge in [-0.1, -0.05) is 30.3 Å². The first-order valence-corrected chi connectivity index (χ1v) is 6.57. The summed E-state index contributed by atoms with van der Waals surface area (Å²) in [5.41, 5.74) is 1.40. The van der Waals surface area contributed by atoms with Crippen LogP contribution in [-0.4, -0.2) is 15.6 Å². The van der Waals surface area contributed by atoms with Gasteiger partial charge in [-0.05, 0) is 37.5 Å². The molecule has 2 aromatic rings. The number of hydrogen-bond acceptors (Lipinski definition) is 2. The zero-order valence-electron chi connectivity index (χ0n) is 11.4. The van der Waals surface area contributed by atoms with Crippen molar-refractivity contribution in [1.82, 2.24) is 4.57 Å². The minimum atomic E-state index is -1.17. The molecule has 0 saturated carbocycles. The molecule has 0 aliphatic carbocycles. The molecule has 1 aromatic carbocycles. The number of carbonyl (C=O) groups is 1. The molecule has 0 saturated heterocycles. The van der Waals surface area contributed by atoms with Gasteiger partial charge in [0.2, 0.25) is 0 Å². The molecule has 0 aliphatic rings. The fourth-order valence-corrected chi connectivity index (χ4v) is 2.20. The standard InChI is InChI=1S/C16H17NO3/c1-12-9-10-14(16(19)20)15(18)17(12)11-5-8-13-6-3-2-4-7-13/h2-4,6-7,9-10H,5,8,11H2,1H3,(H,19,20). The van der Waals surface area contributed by atoms with E-state index in [0.29, 0.717) is 6.54 Å². The molecule has 0 amide bonds. The highest BCUT2D eigenvalue weighted by molar-refractivity contribution is 5.87. The molecule has 4 nitrogen and oxygen atoms in total. The average Bonchev–Trinajstić information content (AvgIpc) is 2.43. The zero-order valence-corrected chi connectivity index (χ0v) is 11.4. The van der Waals surface area contributed by atoms with Crippen molar-refractivity contribution in [3.63, 3.8) is 0 Å². The van der Waals surface area contributed by atoms with Gasteiger partial charge in [0.15, 0.2) is 0 Å². The highest BCUT2D eigenvalue weighted by Gasteiger charge is 2.11. The van der Waals surface area contributed by atoms with E-state index in [4.69, 9.17) is 5.11 Å². The summed E-state index contributed by atoms with van der Waals surface area (Å²) in [7, 11) is 0. The number of pyridine rings is 1. The molecule has 1 heterocycles. The summed E-state index contributed by atoms with van der Waals surface area (Å²) in [5, 5.41) is 8.97. The van der Waals surface area contributed by atoms with Gasteiger partial charge in [0, 0.05) is 12.2 Å². The Balaban J connectivity index is 2.12. The van der Waals surface area contributed by atoms with Crippen molar-refractivity contribution in [2.45, 2.75) is 26.3 Å². The predicted molar refractivity (Wildman–Crippen MR) is 77.2 cm³/mol. The molecule has 1 aromatic heterocycles. The van der Waals surface area contributed by atoms with E-state index in [1.54, 1.807) is 6.07 Å². The molecule has 0 bridgehead atoms. The highest BCUT2D eigenvalue weighted by atomic mass is 16.4. The Labute approximate surface area is 117 Å². The summed E-state index contributed by atoms with van der Waals surface area (Å²) in [4.78, 5) is 23.0. The molecule has 0 radical (unpaired) electrons. The van der Waals surface area contributed by atoms with E-state index in [1.165, 1.54) is 16.2 Å². The van der Waals surface area contributed by atoms with E-state index < -0.39 is 11.5 Å². The Morgan fingerprint density at radius 2 is 1.85 bits per heavy atom. The Kier molecular flexibility index (Phi) is 4.35. The number of benzene rings is 1. The number of aromatic carboxylic acids is 1. The van der Waals surface area contributed by atoms with Crippen LogP contribution in [-0.2, 0) is 13.0 Å². The molecule has 0 fully saturated rings. The van der Waals surface area contributed by atoms with Crippen LogP contribution in [0.25, 0.3) is 0 Å². The first kappa shape index (κ1) is 14.1. The van der Waals surface area contributed by atoms with Crippen molar-refractivity contribution in [3.05, 3.63) is 69.6 Å². The van der Waals surface area contributed by atoms with Crippen LogP contribution >= 0.6 is 0 Å². The van der Waals surface area contributed by atoms with Gasteiger partial charge < -0.3 is 9.67 Å². The predicted octanol–water partition coefficient (Wildman–Crippen LogP) is 2.49. The fourth-order valence-electron chi connectivity index (χ4n) is 2.20. The van der Waals surface area contributed by atoms with Crippen LogP contribution in [0.15, 0.2) is 47.3 Å². The monoisotopic (exact) mass is 271 g/mol. The van der Waals surface area contributed by atoms with Crippen LogP contribution in [0.3, 0.4) is 0 Å². The molecule has 0 atom stereocenters. The first-order chi connectivity index (χ1) is 9.59. The van der Waals surface area contributed by atoms with Crippen molar-refractivity contribution >= 4 is 5.97 Å². The van der Waals surface area contributed by atoms with Crippen molar-refractivity contribution in [2.75, 3.05) is 0 Å². The topological polar surface area (TPSA) is 59.3 Å². The molecule has 4 heteroatoms. The lowest BCUT2D eigenvalue weighted by atomic mass is 10.1. The van der Waals surface area contributed by atoms with E-state index in [0.717, 1.165) is 18.5 Å². The van der Waals surface area contributed by atoms with Crippen LogP contribution < -0.4 is 5.56 Å².